The van der Waals surface area contributed by atoms with Crippen LogP contribution in [0.1, 0.15) is 43.0 Å². The van der Waals surface area contributed by atoms with Gasteiger partial charge in [0.2, 0.25) is 5.91 Å². The summed E-state index contributed by atoms with van der Waals surface area (Å²) in [7, 11) is 0. The molecule has 4 heteroatoms. The van der Waals surface area contributed by atoms with Crippen LogP contribution in [0, 0.1) is 0 Å². The first kappa shape index (κ1) is 12.2. The molecule has 0 aliphatic carbocycles. The number of carbonyl (C=O) groups excluding carboxylic acids is 1. The molecule has 1 atom stereocenters. The highest BCUT2D eigenvalue weighted by atomic mass is 32.1. The summed E-state index contributed by atoms with van der Waals surface area (Å²) in [4.78, 5) is 16.9. The molecule has 0 aromatic carbocycles. The maximum Gasteiger partial charge on any atom is 0.226 e. The van der Waals surface area contributed by atoms with E-state index >= 15 is 0 Å². The average molecular weight is 226 g/mol. The number of hydrogen-bond donors (Lipinski definition) is 1. The van der Waals surface area contributed by atoms with E-state index in [2.05, 4.69) is 24.1 Å². The minimum atomic E-state index is 0.0579. The molecule has 0 bridgehead atoms. The van der Waals surface area contributed by atoms with E-state index in [1.165, 1.54) is 4.88 Å². The van der Waals surface area contributed by atoms with Crippen molar-refractivity contribution in [3.05, 3.63) is 16.1 Å². The monoisotopic (exact) mass is 226 g/mol. The number of hydrogen-bond acceptors (Lipinski definition) is 3. The molecule has 1 rings (SSSR count). The normalized spacial score (nSPS) is 12.5. The van der Waals surface area contributed by atoms with Gasteiger partial charge in [-0.3, -0.25) is 4.79 Å². The van der Waals surface area contributed by atoms with Crippen molar-refractivity contribution in [2.24, 2.45) is 0 Å². The highest BCUT2D eigenvalue weighted by Crippen LogP contribution is 2.24. The number of nitrogens with one attached hydrogen (secondary N) is 1. The lowest BCUT2D eigenvalue weighted by molar-refractivity contribution is -0.120. The standard InChI is InChI=1S/C11H18N2OS/c1-4-8(3)9-7-13-11(15-9)6-10(14)12-5-2/h7-8H,4-6H2,1-3H3,(H,12,14). The summed E-state index contributed by atoms with van der Waals surface area (Å²) in [6, 6.07) is 0. The lowest BCUT2D eigenvalue weighted by Crippen LogP contribution is -2.24. The summed E-state index contributed by atoms with van der Waals surface area (Å²) < 4.78 is 0. The first-order chi connectivity index (χ1) is 7.17. The molecule has 0 saturated heterocycles. The summed E-state index contributed by atoms with van der Waals surface area (Å²) in [5, 5.41) is 3.69. The van der Waals surface area contributed by atoms with Crippen molar-refractivity contribution in [1.82, 2.24) is 10.3 Å². The first-order valence-corrected chi connectivity index (χ1v) is 6.20. The van der Waals surface area contributed by atoms with Gasteiger partial charge in [-0.2, -0.15) is 0 Å². The molecule has 84 valence electrons. The van der Waals surface area contributed by atoms with Gasteiger partial charge < -0.3 is 5.32 Å². The fraction of sp³-hybridized carbons (Fsp3) is 0.636. The maximum absolute atomic E-state index is 11.3. The van der Waals surface area contributed by atoms with Gasteiger partial charge in [0.15, 0.2) is 0 Å². The van der Waals surface area contributed by atoms with Crippen LogP contribution in [-0.2, 0) is 11.2 Å². The Balaban J connectivity index is 2.56. The minimum Gasteiger partial charge on any atom is -0.356 e. The van der Waals surface area contributed by atoms with Crippen LogP contribution < -0.4 is 5.32 Å². The van der Waals surface area contributed by atoms with Crippen LogP contribution in [0.4, 0.5) is 0 Å². The largest absolute Gasteiger partial charge is 0.356 e. The van der Waals surface area contributed by atoms with Gasteiger partial charge in [-0.25, -0.2) is 4.98 Å². The van der Waals surface area contributed by atoms with Crippen molar-refractivity contribution in [2.45, 2.75) is 39.5 Å². The Morgan fingerprint density at radius 1 is 1.60 bits per heavy atom. The minimum absolute atomic E-state index is 0.0579. The third-order valence-electron chi connectivity index (χ3n) is 2.36. The van der Waals surface area contributed by atoms with E-state index in [1.807, 2.05) is 13.1 Å². The van der Waals surface area contributed by atoms with E-state index in [4.69, 9.17) is 0 Å². The van der Waals surface area contributed by atoms with E-state index in [1.54, 1.807) is 11.3 Å². The molecule has 1 N–H and O–H groups in total. The van der Waals surface area contributed by atoms with E-state index in [0.29, 0.717) is 18.9 Å². The lowest BCUT2D eigenvalue weighted by Gasteiger charge is -2.02. The second kappa shape index (κ2) is 5.85. The number of likely N-dealkylation sites (N-methyl/N-ethyl adjacent to an activating group) is 1. The number of aromatic nitrogens is 1. The highest BCUT2D eigenvalue weighted by Gasteiger charge is 2.10. The second-order valence-electron chi connectivity index (χ2n) is 3.60. The third kappa shape index (κ3) is 3.63. The Hall–Kier alpha value is -0.900. The number of nitrogens with zero attached hydrogens (tertiary/aromatic N) is 1. The first-order valence-electron chi connectivity index (χ1n) is 5.38. The topological polar surface area (TPSA) is 42.0 Å². The third-order valence-corrected chi connectivity index (χ3v) is 3.58. The van der Waals surface area contributed by atoms with Gasteiger partial charge in [0.05, 0.1) is 6.42 Å². The molecule has 0 saturated carbocycles. The average Bonchev–Trinajstić information content (AvgIpc) is 2.65. The molecule has 0 aliphatic rings. The van der Waals surface area contributed by atoms with Gasteiger partial charge in [-0.15, -0.1) is 11.3 Å². The van der Waals surface area contributed by atoms with Crippen LogP contribution in [0.5, 0.6) is 0 Å². The van der Waals surface area contributed by atoms with Crippen molar-refractivity contribution >= 4 is 17.2 Å². The smallest absolute Gasteiger partial charge is 0.226 e. The zero-order valence-electron chi connectivity index (χ0n) is 9.54. The summed E-state index contributed by atoms with van der Waals surface area (Å²) in [6.45, 7) is 6.95. The van der Waals surface area contributed by atoms with Crippen LogP contribution >= 0.6 is 11.3 Å². The van der Waals surface area contributed by atoms with Crippen LogP contribution in [0.25, 0.3) is 0 Å². The number of amides is 1. The molecule has 1 amide bonds. The molecule has 1 aromatic rings. The summed E-state index contributed by atoms with van der Waals surface area (Å²) >= 11 is 1.65. The fourth-order valence-electron chi connectivity index (χ4n) is 1.23. The van der Waals surface area contributed by atoms with Gasteiger partial charge in [-0.05, 0) is 19.3 Å². The molecule has 0 radical (unpaired) electrons. The molecule has 15 heavy (non-hydrogen) atoms. The zero-order chi connectivity index (χ0) is 11.3. The Morgan fingerprint density at radius 2 is 2.33 bits per heavy atom. The Bertz CT molecular complexity index is 322. The molecule has 0 fully saturated rings. The number of thiazole rings is 1. The molecule has 3 nitrogen and oxygen atoms in total. The van der Waals surface area contributed by atoms with Crippen LogP contribution in [0.3, 0.4) is 0 Å². The van der Waals surface area contributed by atoms with Crippen LogP contribution in [0.2, 0.25) is 0 Å². The van der Waals surface area contributed by atoms with Crippen molar-refractivity contribution in [2.75, 3.05) is 6.54 Å². The van der Waals surface area contributed by atoms with E-state index in [0.717, 1.165) is 11.4 Å². The van der Waals surface area contributed by atoms with E-state index in [9.17, 15) is 4.79 Å². The predicted octanol–water partition coefficient (Wildman–Crippen LogP) is 2.34. The fourth-order valence-corrected chi connectivity index (χ4v) is 2.29. The highest BCUT2D eigenvalue weighted by molar-refractivity contribution is 7.11. The summed E-state index contributed by atoms with van der Waals surface area (Å²) in [5.74, 6) is 0.605. The van der Waals surface area contributed by atoms with Crippen LogP contribution in [0.15, 0.2) is 6.20 Å². The van der Waals surface area contributed by atoms with Gasteiger partial charge in [-0.1, -0.05) is 13.8 Å². The molecule has 1 unspecified atom stereocenters. The Morgan fingerprint density at radius 3 is 2.93 bits per heavy atom. The summed E-state index contributed by atoms with van der Waals surface area (Å²) in [5.41, 5.74) is 0. The molecular formula is C11H18N2OS. The van der Waals surface area contributed by atoms with Gasteiger partial charge >= 0.3 is 0 Å². The maximum atomic E-state index is 11.3. The van der Waals surface area contributed by atoms with Crippen molar-refractivity contribution in [3.8, 4) is 0 Å². The molecule has 1 heterocycles. The van der Waals surface area contributed by atoms with Crippen molar-refractivity contribution in [1.29, 1.82) is 0 Å². The second-order valence-corrected chi connectivity index (χ2v) is 4.74. The Kier molecular flexibility index (Phi) is 4.75. The predicted molar refractivity (Wildman–Crippen MR) is 63.2 cm³/mol. The molecule has 0 aliphatic heterocycles. The van der Waals surface area contributed by atoms with Crippen molar-refractivity contribution < 1.29 is 4.79 Å². The zero-order valence-corrected chi connectivity index (χ0v) is 10.4. The molecule has 1 aromatic heterocycles. The molecular weight excluding hydrogens is 208 g/mol. The SMILES string of the molecule is CCNC(=O)Cc1ncc(C(C)CC)s1. The summed E-state index contributed by atoms with van der Waals surface area (Å²) in [6.07, 6.45) is 3.42. The van der Waals surface area contributed by atoms with E-state index < -0.39 is 0 Å². The lowest BCUT2D eigenvalue weighted by atomic mass is 10.1. The number of rotatable bonds is 5. The van der Waals surface area contributed by atoms with Gasteiger partial charge in [0, 0.05) is 17.6 Å². The molecule has 0 spiro atoms. The van der Waals surface area contributed by atoms with Gasteiger partial charge in [0.1, 0.15) is 5.01 Å². The van der Waals surface area contributed by atoms with E-state index in [-0.39, 0.29) is 5.91 Å². The van der Waals surface area contributed by atoms with Crippen molar-refractivity contribution in [3.63, 3.8) is 0 Å². The van der Waals surface area contributed by atoms with Crippen LogP contribution in [-0.4, -0.2) is 17.4 Å². The number of carbonyl (C=O) groups is 1. The Labute approximate surface area is 94.9 Å². The quantitative estimate of drug-likeness (QED) is 0.837. The van der Waals surface area contributed by atoms with Gasteiger partial charge in [0.25, 0.3) is 0 Å².